The highest BCUT2D eigenvalue weighted by Crippen LogP contribution is 2.31. The van der Waals surface area contributed by atoms with Gasteiger partial charge in [-0.2, -0.15) is 0 Å². The smallest absolute Gasteiger partial charge is 0.120 e. The monoisotopic (exact) mass is 242 g/mol. The van der Waals surface area contributed by atoms with E-state index in [1.807, 2.05) is 24.4 Å². The molecule has 1 aliphatic rings. The third-order valence-corrected chi connectivity index (χ3v) is 3.58. The highest BCUT2D eigenvalue weighted by atomic mass is 16.3. The molecule has 0 amide bonds. The van der Waals surface area contributed by atoms with Gasteiger partial charge in [-0.15, -0.1) is 0 Å². The maximum atomic E-state index is 5.58. The first-order chi connectivity index (χ1) is 8.93. The SMILES string of the molecule is c1ccc(CN2CCCC[C@@H]2c2ccco2)nc1. The number of nitrogens with zero attached hydrogens (tertiary/aromatic N) is 2. The first-order valence-electron chi connectivity index (χ1n) is 6.61. The summed E-state index contributed by atoms with van der Waals surface area (Å²) >= 11 is 0. The van der Waals surface area contributed by atoms with Crippen LogP contribution < -0.4 is 0 Å². The zero-order chi connectivity index (χ0) is 12.2. The van der Waals surface area contributed by atoms with Gasteiger partial charge in [-0.05, 0) is 43.7 Å². The van der Waals surface area contributed by atoms with Crippen LogP contribution in [0, 0.1) is 0 Å². The molecule has 3 rings (SSSR count). The molecule has 3 heterocycles. The van der Waals surface area contributed by atoms with Crippen LogP contribution in [0.5, 0.6) is 0 Å². The number of hydrogen-bond acceptors (Lipinski definition) is 3. The third-order valence-electron chi connectivity index (χ3n) is 3.58. The summed E-state index contributed by atoms with van der Waals surface area (Å²) in [6.45, 7) is 2.04. The van der Waals surface area contributed by atoms with Crippen LogP contribution in [0.1, 0.15) is 36.8 Å². The molecule has 3 heteroatoms. The van der Waals surface area contributed by atoms with Crippen molar-refractivity contribution in [2.75, 3.05) is 6.54 Å². The first-order valence-corrected chi connectivity index (χ1v) is 6.61. The van der Waals surface area contributed by atoms with Crippen LogP contribution in [0.4, 0.5) is 0 Å². The van der Waals surface area contributed by atoms with E-state index in [2.05, 4.69) is 22.0 Å². The summed E-state index contributed by atoms with van der Waals surface area (Å²) in [6.07, 6.45) is 7.36. The number of aromatic nitrogens is 1. The molecule has 2 aromatic heterocycles. The van der Waals surface area contributed by atoms with Gasteiger partial charge in [0.15, 0.2) is 0 Å². The molecule has 1 aliphatic heterocycles. The Kier molecular flexibility index (Phi) is 3.42. The molecule has 1 fully saturated rings. The van der Waals surface area contributed by atoms with Crippen LogP contribution in [-0.4, -0.2) is 16.4 Å². The number of piperidine rings is 1. The molecule has 3 nitrogen and oxygen atoms in total. The van der Waals surface area contributed by atoms with E-state index in [-0.39, 0.29) is 0 Å². The Bertz CT molecular complexity index is 467. The summed E-state index contributed by atoms with van der Waals surface area (Å²) in [5, 5.41) is 0. The second kappa shape index (κ2) is 5.36. The van der Waals surface area contributed by atoms with Crippen molar-refractivity contribution < 1.29 is 4.42 Å². The van der Waals surface area contributed by atoms with Crippen molar-refractivity contribution in [3.63, 3.8) is 0 Å². The summed E-state index contributed by atoms with van der Waals surface area (Å²) < 4.78 is 5.58. The standard InChI is InChI=1S/C15H18N2O/c1-3-9-16-13(6-1)12-17-10-4-2-7-14(17)15-8-5-11-18-15/h1,3,5-6,8-9,11,14H,2,4,7,10,12H2/t14-/m1/s1. The molecule has 0 radical (unpaired) electrons. The Morgan fingerprint density at radius 3 is 3.00 bits per heavy atom. The molecule has 1 atom stereocenters. The van der Waals surface area contributed by atoms with Crippen molar-refractivity contribution in [3.8, 4) is 0 Å². The lowest BCUT2D eigenvalue weighted by atomic mass is 10.00. The Labute approximate surface area is 107 Å². The van der Waals surface area contributed by atoms with Gasteiger partial charge in [0.1, 0.15) is 5.76 Å². The molecule has 0 bridgehead atoms. The predicted octanol–water partition coefficient (Wildman–Crippen LogP) is 3.40. The number of pyridine rings is 1. The Hall–Kier alpha value is -1.61. The second-order valence-electron chi connectivity index (χ2n) is 4.82. The third kappa shape index (κ3) is 2.46. The van der Waals surface area contributed by atoms with Crippen molar-refractivity contribution in [2.45, 2.75) is 31.8 Å². The minimum atomic E-state index is 0.413. The quantitative estimate of drug-likeness (QED) is 0.826. The van der Waals surface area contributed by atoms with Crippen LogP contribution in [0.3, 0.4) is 0 Å². The zero-order valence-corrected chi connectivity index (χ0v) is 10.5. The Morgan fingerprint density at radius 1 is 1.22 bits per heavy atom. The topological polar surface area (TPSA) is 29.3 Å². The highest BCUT2D eigenvalue weighted by molar-refractivity contribution is 5.08. The van der Waals surface area contributed by atoms with Crippen molar-refractivity contribution in [3.05, 3.63) is 54.2 Å². The molecule has 94 valence electrons. The van der Waals surface area contributed by atoms with Crippen LogP contribution in [-0.2, 0) is 6.54 Å². The summed E-state index contributed by atoms with van der Waals surface area (Å²) in [7, 11) is 0. The molecule has 0 spiro atoms. The van der Waals surface area contributed by atoms with Gasteiger partial charge in [0.2, 0.25) is 0 Å². The molecule has 18 heavy (non-hydrogen) atoms. The molecule has 2 aromatic rings. The van der Waals surface area contributed by atoms with E-state index in [1.165, 1.54) is 19.3 Å². The van der Waals surface area contributed by atoms with Gasteiger partial charge in [0.05, 0.1) is 18.0 Å². The average molecular weight is 242 g/mol. The van der Waals surface area contributed by atoms with Gasteiger partial charge in [-0.1, -0.05) is 12.5 Å². The lowest BCUT2D eigenvalue weighted by molar-refractivity contribution is 0.120. The van der Waals surface area contributed by atoms with Gasteiger partial charge in [0.25, 0.3) is 0 Å². The number of likely N-dealkylation sites (tertiary alicyclic amines) is 1. The molecule has 0 aromatic carbocycles. The van der Waals surface area contributed by atoms with Crippen molar-refractivity contribution in [1.29, 1.82) is 0 Å². The largest absolute Gasteiger partial charge is 0.468 e. The fourth-order valence-corrected chi connectivity index (χ4v) is 2.68. The highest BCUT2D eigenvalue weighted by Gasteiger charge is 2.25. The molecular weight excluding hydrogens is 224 g/mol. The van der Waals surface area contributed by atoms with Gasteiger partial charge >= 0.3 is 0 Å². The van der Waals surface area contributed by atoms with Crippen LogP contribution >= 0.6 is 0 Å². The summed E-state index contributed by atoms with van der Waals surface area (Å²) in [6, 6.07) is 10.6. The van der Waals surface area contributed by atoms with Gasteiger partial charge in [0, 0.05) is 12.7 Å². The van der Waals surface area contributed by atoms with Crippen LogP contribution in [0.2, 0.25) is 0 Å². The molecule has 0 unspecified atom stereocenters. The van der Waals surface area contributed by atoms with Crippen molar-refractivity contribution >= 4 is 0 Å². The zero-order valence-electron chi connectivity index (χ0n) is 10.5. The fourth-order valence-electron chi connectivity index (χ4n) is 2.68. The van der Waals surface area contributed by atoms with Gasteiger partial charge < -0.3 is 4.42 Å². The summed E-state index contributed by atoms with van der Waals surface area (Å²) in [5.74, 6) is 1.09. The van der Waals surface area contributed by atoms with Crippen molar-refractivity contribution in [1.82, 2.24) is 9.88 Å². The number of rotatable bonds is 3. The van der Waals surface area contributed by atoms with E-state index in [1.54, 1.807) is 6.26 Å². The van der Waals surface area contributed by atoms with E-state index < -0.39 is 0 Å². The van der Waals surface area contributed by atoms with Crippen LogP contribution in [0.25, 0.3) is 0 Å². The normalized spacial score (nSPS) is 21.0. The Morgan fingerprint density at radius 2 is 2.22 bits per heavy atom. The van der Waals surface area contributed by atoms with E-state index in [4.69, 9.17) is 4.42 Å². The lowest BCUT2D eigenvalue weighted by Gasteiger charge is -2.34. The number of furan rings is 1. The average Bonchev–Trinajstić information content (AvgIpc) is 2.94. The molecule has 1 saturated heterocycles. The van der Waals surface area contributed by atoms with E-state index in [0.717, 1.165) is 24.5 Å². The van der Waals surface area contributed by atoms with E-state index >= 15 is 0 Å². The van der Waals surface area contributed by atoms with Crippen LogP contribution in [0.15, 0.2) is 47.2 Å². The molecule has 0 aliphatic carbocycles. The maximum absolute atomic E-state index is 5.58. The molecule has 0 saturated carbocycles. The summed E-state index contributed by atoms with van der Waals surface area (Å²) in [5.41, 5.74) is 1.14. The van der Waals surface area contributed by atoms with E-state index in [0.29, 0.717) is 6.04 Å². The van der Waals surface area contributed by atoms with Crippen molar-refractivity contribution in [2.24, 2.45) is 0 Å². The second-order valence-corrected chi connectivity index (χ2v) is 4.82. The molecule has 0 N–H and O–H groups in total. The Balaban J connectivity index is 1.76. The minimum absolute atomic E-state index is 0.413. The summed E-state index contributed by atoms with van der Waals surface area (Å²) in [4.78, 5) is 6.89. The maximum Gasteiger partial charge on any atom is 0.120 e. The first kappa shape index (κ1) is 11.5. The molecular formula is C15H18N2O. The predicted molar refractivity (Wildman–Crippen MR) is 69.9 cm³/mol. The van der Waals surface area contributed by atoms with E-state index in [9.17, 15) is 0 Å². The van der Waals surface area contributed by atoms with Gasteiger partial charge in [-0.25, -0.2) is 0 Å². The minimum Gasteiger partial charge on any atom is -0.468 e. The fraction of sp³-hybridized carbons (Fsp3) is 0.400. The lowest BCUT2D eigenvalue weighted by Crippen LogP contribution is -2.32. The van der Waals surface area contributed by atoms with Gasteiger partial charge in [-0.3, -0.25) is 9.88 Å². The number of hydrogen-bond donors (Lipinski definition) is 0.